The molecule has 0 bridgehead atoms. The van der Waals surface area contributed by atoms with Gasteiger partial charge in [0.25, 0.3) is 5.56 Å². The Bertz CT molecular complexity index is 496. The van der Waals surface area contributed by atoms with Gasteiger partial charge in [0.05, 0.1) is 13.2 Å². The molecule has 2 N–H and O–H groups in total. The Morgan fingerprint density at radius 1 is 1.62 bits per heavy atom. The fourth-order valence-corrected chi connectivity index (χ4v) is 1.51. The highest BCUT2D eigenvalue weighted by Crippen LogP contribution is 2.19. The van der Waals surface area contributed by atoms with Crippen LogP contribution < -0.4 is 11.2 Å². The van der Waals surface area contributed by atoms with Crippen LogP contribution in [0.3, 0.4) is 0 Å². The Kier molecular flexibility index (Phi) is 3.10. The second-order valence-corrected chi connectivity index (χ2v) is 3.59. The Morgan fingerprint density at radius 2 is 2.38 bits per heavy atom. The van der Waals surface area contributed by atoms with Crippen LogP contribution in [-0.4, -0.2) is 34.2 Å². The minimum Gasteiger partial charge on any atom is -0.391 e. The first-order valence-electron chi connectivity index (χ1n) is 4.50. The summed E-state index contributed by atoms with van der Waals surface area (Å²) in [6.45, 7) is -0.199. The summed E-state index contributed by atoms with van der Waals surface area (Å²) in [6.07, 6.45) is -0.280. The Balaban J connectivity index is 2.32. The number of hydrogen-bond acceptors (Lipinski definition) is 5. The summed E-state index contributed by atoms with van der Waals surface area (Å²) in [4.78, 5) is 24.5. The van der Waals surface area contributed by atoms with Gasteiger partial charge in [-0.15, -0.1) is 0 Å². The number of aromatic amines is 1. The van der Waals surface area contributed by atoms with Crippen LogP contribution in [0.2, 0.25) is 5.02 Å². The fourth-order valence-electron chi connectivity index (χ4n) is 1.36. The van der Waals surface area contributed by atoms with Gasteiger partial charge in [-0.25, -0.2) is 4.79 Å². The maximum absolute atomic E-state index is 11.4. The lowest BCUT2D eigenvalue weighted by Crippen LogP contribution is -2.33. The third kappa shape index (κ3) is 2.03. The number of hydrogen-bond donors (Lipinski definition) is 2. The smallest absolute Gasteiger partial charge is 0.330 e. The molecule has 0 spiro atoms. The van der Waals surface area contributed by atoms with Gasteiger partial charge in [-0.05, 0) is 0 Å². The van der Waals surface area contributed by atoms with Crippen LogP contribution in [0.15, 0.2) is 15.8 Å². The van der Waals surface area contributed by atoms with E-state index < -0.39 is 23.8 Å². The zero-order valence-electron chi connectivity index (χ0n) is 8.05. The van der Waals surface area contributed by atoms with Crippen molar-refractivity contribution in [1.29, 1.82) is 0 Å². The molecule has 1 aliphatic rings. The van der Waals surface area contributed by atoms with Gasteiger partial charge >= 0.3 is 5.69 Å². The Hall–Kier alpha value is -1.15. The first kappa shape index (κ1) is 11.3. The van der Waals surface area contributed by atoms with Crippen molar-refractivity contribution in [3.63, 3.8) is 0 Å². The molecule has 1 aromatic rings. The number of aliphatic hydroxyl groups is 1. The van der Waals surface area contributed by atoms with Crippen LogP contribution >= 0.6 is 11.6 Å². The second-order valence-electron chi connectivity index (χ2n) is 3.18. The highest BCUT2D eigenvalue weighted by Gasteiger charge is 2.27. The molecule has 0 aliphatic carbocycles. The maximum atomic E-state index is 11.4. The minimum atomic E-state index is -0.761. The average Bonchev–Trinajstić information content (AvgIpc) is 2.71. The van der Waals surface area contributed by atoms with Crippen molar-refractivity contribution in [1.82, 2.24) is 9.55 Å². The zero-order chi connectivity index (χ0) is 11.7. The maximum Gasteiger partial charge on any atom is 0.330 e. The van der Waals surface area contributed by atoms with E-state index in [2.05, 4.69) is 0 Å². The highest BCUT2D eigenvalue weighted by atomic mass is 35.5. The van der Waals surface area contributed by atoms with Crippen molar-refractivity contribution < 1.29 is 14.6 Å². The van der Waals surface area contributed by atoms with Crippen LogP contribution in [0, 0.1) is 0 Å². The average molecular weight is 249 g/mol. The number of rotatable bonds is 2. The van der Waals surface area contributed by atoms with Gasteiger partial charge < -0.3 is 14.6 Å². The quantitative estimate of drug-likeness (QED) is 0.704. The number of H-pyrrole nitrogens is 1. The van der Waals surface area contributed by atoms with Crippen LogP contribution in [0.1, 0.15) is 6.23 Å². The van der Waals surface area contributed by atoms with E-state index in [9.17, 15) is 9.59 Å². The van der Waals surface area contributed by atoms with E-state index in [0.717, 1.165) is 4.57 Å². The van der Waals surface area contributed by atoms with Gasteiger partial charge in [-0.1, -0.05) is 11.6 Å². The monoisotopic (exact) mass is 248 g/mol. The van der Waals surface area contributed by atoms with Crippen molar-refractivity contribution >= 4 is 11.6 Å². The molecule has 8 heteroatoms. The number of halogens is 1. The van der Waals surface area contributed by atoms with Crippen molar-refractivity contribution in [3.8, 4) is 0 Å². The molecule has 0 unspecified atom stereocenters. The van der Waals surface area contributed by atoms with Crippen molar-refractivity contribution in [2.45, 2.75) is 12.5 Å². The van der Waals surface area contributed by atoms with Crippen LogP contribution in [0.4, 0.5) is 0 Å². The lowest BCUT2D eigenvalue weighted by atomic mass is 10.5. The van der Waals surface area contributed by atoms with Crippen molar-refractivity contribution in [2.75, 3.05) is 13.2 Å². The first-order chi connectivity index (χ1) is 7.61. The summed E-state index contributed by atoms with van der Waals surface area (Å²) in [5, 5.41) is 8.66. The minimum absolute atomic E-state index is 0.105. The molecule has 0 radical (unpaired) electrons. The van der Waals surface area contributed by atoms with E-state index in [1.807, 2.05) is 4.98 Å². The molecular formula is C8H9ClN2O5. The van der Waals surface area contributed by atoms with E-state index >= 15 is 0 Å². The summed E-state index contributed by atoms with van der Waals surface area (Å²) >= 11 is 5.59. The van der Waals surface area contributed by atoms with Crippen molar-refractivity contribution in [3.05, 3.63) is 32.1 Å². The molecule has 1 saturated heterocycles. The first-order valence-corrected chi connectivity index (χ1v) is 4.88. The number of aromatic nitrogens is 2. The molecule has 2 rings (SSSR count). The van der Waals surface area contributed by atoms with Gasteiger partial charge in [-0.3, -0.25) is 14.3 Å². The van der Waals surface area contributed by atoms with Crippen LogP contribution in [0.25, 0.3) is 0 Å². The van der Waals surface area contributed by atoms with Gasteiger partial charge in [0, 0.05) is 6.20 Å². The predicted molar refractivity (Wildman–Crippen MR) is 53.3 cm³/mol. The zero-order valence-corrected chi connectivity index (χ0v) is 8.81. The third-order valence-electron chi connectivity index (χ3n) is 2.12. The van der Waals surface area contributed by atoms with Gasteiger partial charge in [-0.2, -0.15) is 0 Å². The van der Waals surface area contributed by atoms with Crippen LogP contribution in [-0.2, 0) is 9.47 Å². The molecule has 16 heavy (non-hydrogen) atoms. The Morgan fingerprint density at radius 3 is 3.00 bits per heavy atom. The topological polar surface area (TPSA) is 93.6 Å². The lowest BCUT2D eigenvalue weighted by molar-refractivity contribution is -0.0992. The largest absolute Gasteiger partial charge is 0.391 e. The molecule has 0 saturated carbocycles. The van der Waals surface area contributed by atoms with Crippen LogP contribution in [0.5, 0.6) is 0 Å². The van der Waals surface area contributed by atoms with Crippen molar-refractivity contribution in [2.24, 2.45) is 0 Å². The molecule has 0 aromatic carbocycles. The van der Waals surface area contributed by atoms with Gasteiger partial charge in [0.15, 0.2) is 12.5 Å². The fraction of sp³-hybridized carbons (Fsp3) is 0.500. The molecule has 1 fully saturated rings. The number of nitrogens with zero attached hydrogens (tertiary/aromatic N) is 1. The summed E-state index contributed by atoms with van der Waals surface area (Å²) in [7, 11) is 0. The molecule has 0 amide bonds. The molecule has 2 heterocycles. The molecule has 2 atom stereocenters. The molecule has 88 valence electrons. The molecule has 1 aromatic heterocycles. The summed E-state index contributed by atoms with van der Waals surface area (Å²) in [5.74, 6) is 0. The highest BCUT2D eigenvalue weighted by molar-refractivity contribution is 6.30. The standard InChI is InChI=1S/C8H9ClN2O5/c9-4-1-11(8(14)10-7(4)13)5-3-15-6(2-12)16-5/h1,5-6,12H,2-3H2,(H,10,13,14)/t5-,6-/m0/s1. The molecular weight excluding hydrogens is 240 g/mol. The van der Waals surface area contributed by atoms with E-state index in [-0.39, 0.29) is 18.2 Å². The van der Waals surface area contributed by atoms with E-state index in [4.69, 9.17) is 26.2 Å². The second kappa shape index (κ2) is 4.38. The summed E-state index contributed by atoms with van der Waals surface area (Å²) < 4.78 is 11.3. The summed E-state index contributed by atoms with van der Waals surface area (Å²) in [5.41, 5.74) is -1.29. The molecule has 7 nitrogen and oxygen atoms in total. The normalized spacial score (nSPS) is 24.9. The number of ether oxygens (including phenoxy) is 2. The van der Waals surface area contributed by atoms with E-state index in [1.54, 1.807) is 0 Å². The Labute approximate surface area is 94.2 Å². The van der Waals surface area contributed by atoms with E-state index in [1.165, 1.54) is 6.20 Å². The third-order valence-corrected chi connectivity index (χ3v) is 2.39. The number of nitrogens with one attached hydrogen (secondary N) is 1. The van der Waals surface area contributed by atoms with E-state index in [0.29, 0.717) is 0 Å². The van der Waals surface area contributed by atoms with Gasteiger partial charge in [0.2, 0.25) is 0 Å². The summed E-state index contributed by atoms with van der Waals surface area (Å²) in [6, 6.07) is 0. The predicted octanol–water partition coefficient (Wildman–Crippen LogP) is -0.946. The number of aliphatic hydroxyl groups excluding tert-OH is 1. The lowest BCUT2D eigenvalue weighted by Gasteiger charge is -2.12. The molecule has 1 aliphatic heterocycles. The van der Waals surface area contributed by atoms with Gasteiger partial charge in [0.1, 0.15) is 5.02 Å². The SMILES string of the molecule is O=c1[nH]c(=O)n([C@@H]2CO[C@H](CO)O2)cc1Cl.